The van der Waals surface area contributed by atoms with E-state index in [4.69, 9.17) is 0 Å². The van der Waals surface area contributed by atoms with Gasteiger partial charge in [0, 0.05) is 18.3 Å². The molecule has 2 heterocycles. The average Bonchev–Trinajstić information content (AvgIpc) is 2.79. The van der Waals surface area contributed by atoms with Crippen molar-refractivity contribution < 1.29 is 9.90 Å². The zero-order chi connectivity index (χ0) is 22.7. The highest BCUT2D eigenvalue weighted by Gasteiger charge is 2.40. The number of pyridine rings is 1. The molecular formula is C26H29N3O3. The van der Waals surface area contributed by atoms with E-state index in [1.54, 1.807) is 15.8 Å². The van der Waals surface area contributed by atoms with Gasteiger partial charge in [-0.15, -0.1) is 0 Å². The highest BCUT2D eigenvalue weighted by Crippen LogP contribution is 2.29. The fraction of sp³-hybridized carbons (Fsp3) is 0.308. The van der Waals surface area contributed by atoms with E-state index in [0.717, 1.165) is 24.8 Å². The van der Waals surface area contributed by atoms with Gasteiger partial charge < -0.3 is 10.0 Å². The lowest BCUT2D eigenvalue weighted by molar-refractivity contribution is 0.0458. The van der Waals surface area contributed by atoms with Crippen LogP contribution in [0.3, 0.4) is 0 Å². The van der Waals surface area contributed by atoms with E-state index in [1.807, 2.05) is 62.4 Å². The summed E-state index contributed by atoms with van der Waals surface area (Å²) in [6, 6.07) is 21.6. The second-order valence-corrected chi connectivity index (χ2v) is 8.47. The zero-order valence-electron chi connectivity index (χ0n) is 18.5. The van der Waals surface area contributed by atoms with Crippen LogP contribution in [0.4, 0.5) is 0 Å². The number of aromatic hydroxyl groups is 1. The van der Waals surface area contributed by atoms with E-state index < -0.39 is 11.2 Å². The minimum atomic E-state index is -0.546. The lowest BCUT2D eigenvalue weighted by Crippen LogP contribution is -2.62. The molecular weight excluding hydrogens is 402 g/mol. The van der Waals surface area contributed by atoms with Gasteiger partial charge in [0.1, 0.15) is 6.17 Å². The number of hydrogen-bond donors (Lipinski definition) is 1. The maximum atomic E-state index is 13.5. The third-order valence-corrected chi connectivity index (χ3v) is 5.95. The molecule has 2 aromatic carbocycles. The first-order valence-electron chi connectivity index (χ1n) is 11.1. The number of amides is 1. The van der Waals surface area contributed by atoms with Gasteiger partial charge in [0.2, 0.25) is 5.43 Å². The zero-order valence-corrected chi connectivity index (χ0v) is 18.5. The molecule has 0 bridgehead atoms. The van der Waals surface area contributed by atoms with Crippen molar-refractivity contribution in [2.24, 2.45) is 0 Å². The van der Waals surface area contributed by atoms with Gasteiger partial charge in [0.05, 0.1) is 6.54 Å². The second-order valence-electron chi connectivity index (χ2n) is 8.47. The van der Waals surface area contributed by atoms with Gasteiger partial charge in [-0.2, -0.15) is 0 Å². The van der Waals surface area contributed by atoms with E-state index in [-0.39, 0.29) is 23.8 Å². The van der Waals surface area contributed by atoms with Crippen LogP contribution in [0.5, 0.6) is 5.75 Å². The van der Waals surface area contributed by atoms with Crippen LogP contribution in [0, 0.1) is 0 Å². The van der Waals surface area contributed by atoms with Crippen LogP contribution < -0.4 is 10.4 Å². The number of rotatable bonds is 7. The Morgan fingerprint density at radius 2 is 1.53 bits per heavy atom. The van der Waals surface area contributed by atoms with E-state index in [0.29, 0.717) is 6.54 Å². The lowest BCUT2D eigenvalue weighted by Gasteiger charge is -2.48. The maximum Gasteiger partial charge on any atom is 0.278 e. The molecule has 6 heteroatoms. The van der Waals surface area contributed by atoms with Crippen molar-refractivity contribution in [1.29, 1.82) is 0 Å². The van der Waals surface area contributed by atoms with Gasteiger partial charge in [0.15, 0.2) is 11.4 Å². The standard InChI is InChI=1S/C26H29N3O3/c1-19(2)29-23(15-9-14-20-10-5-3-6-11-20)28(18-21-12-7-4-8-13-21)27-17-16-22(30)25(31)24(27)26(29)32/h3-8,10-13,16-17,19,23,31H,9,14-15,18H2,1-2H3. The van der Waals surface area contributed by atoms with E-state index in [1.165, 1.54) is 11.6 Å². The van der Waals surface area contributed by atoms with Crippen molar-refractivity contribution in [3.8, 4) is 5.75 Å². The van der Waals surface area contributed by atoms with Crippen LogP contribution in [0.2, 0.25) is 0 Å². The van der Waals surface area contributed by atoms with Gasteiger partial charge in [-0.3, -0.25) is 19.3 Å². The third-order valence-electron chi connectivity index (χ3n) is 5.95. The Kier molecular flexibility index (Phi) is 6.30. The summed E-state index contributed by atoms with van der Waals surface area (Å²) in [6.45, 7) is 4.48. The second kappa shape index (κ2) is 9.30. The Bertz CT molecular complexity index is 1130. The molecule has 1 aliphatic heterocycles. The smallest absolute Gasteiger partial charge is 0.278 e. The molecule has 0 fully saturated rings. The minimum Gasteiger partial charge on any atom is -0.502 e. The molecule has 1 N–H and O–H groups in total. The van der Waals surface area contributed by atoms with Gasteiger partial charge in [-0.05, 0) is 44.2 Å². The van der Waals surface area contributed by atoms with Crippen molar-refractivity contribution in [2.45, 2.75) is 51.9 Å². The summed E-state index contributed by atoms with van der Waals surface area (Å²) in [5, 5.41) is 12.6. The predicted molar refractivity (Wildman–Crippen MR) is 125 cm³/mol. The van der Waals surface area contributed by atoms with Crippen molar-refractivity contribution in [2.75, 3.05) is 5.01 Å². The Balaban J connectivity index is 1.72. The molecule has 0 aliphatic carbocycles. The number of aromatic nitrogens is 1. The molecule has 32 heavy (non-hydrogen) atoms. The molecule has 1 unspecified atom stereocenters. The minimum absolute atomic E-state index is 0.0291. The number of fused-ring (bicyclic) bond motifs is 1. The monoisotopic (exact) mass is 431 g/mol. The maximum absolute atomic E-state index is 13.5. The first kappa shape index (κ1) is 21.7. The van der Waals surface area contributed by atoms with Crippen molar-refractivity contribution in [3.63, 3.8) is 0 Å². The highest BCUT2D eigenvalue weighted by molar-refractivity contribution is 5.96. The van der Waals surface area contributed by atoms with Crippen molar-refractivity contribution in [1.82, 2.24) is 9.58 Å². The SMILES string of the molecule is CC(C)N1C(=O)c2c(O)c(=O)ccn2N(Cc2ccccc2)C1CCCc1ccccc1. The summed E-state index contributed by atoms with van der Waals surface area (Å²) in [5.41, 5.74) is 1.83. The molecule has 3 aromatic rings. The molecule has 0 saturated carbocycles. The first-order chi connectivity index (χ1) is 15.5. The summed E-state index contributed by atoms with van der Waals surface area (Å²) in [7, 11) is 0. The molecule has 0 spiro atoms. The molecule has 6 nitrogen and oxygen atoms in total. The Morgan fingerprint density at radius 3 is 2.16 bits per heavy atom. The van der Waals surface area contributed by atoms with Crippen LogP contribution in [-0.2, 0) is 13.0 Å². The number of hydrogen-bond acceptors (Lipinski definition) is 4. The van der Waals surface area contributed by atoms with Crippen molar-refractivity contribution >= 4 is 5.91 Å². The summed E-state index contributed by atoms with van der Waals surface area (Å²) in [4.78, 5) is 27.4. The number of aryl methyl sites for hydroxylation is 1. The van der Waals surface area contributed by atoms with Gasteiger partial charge in [-0.1, -0.05) is 60.7 Å². The molecule has 0 saturated heterocycles. The van der Waals surface area contributed by atoms with Crippen LogP contribution in [-0.4, -0.2) is 32.8 Å². The molecule has 4 rings (SSSR count). The van der Waals surface area contributed by atoms with Gasteiger partial charge in [-0.25, -0.2) is 0 Å². The largest absolute Gasteiger partial charge is 0.502 e. The molecule has 1 atom stereocenters. The topological polar surface area (TPSA) is 65.8 Å². The molecule has 1 aliphatic rings. The fourth-order valence-electron chi connectivity index (χ4n) is 4.43. The number of carbonyl (C=O) groups is 1. The van der Waals surface area contributed by atoms with Crippen LogP contribution in [0.1, 0.15) is 48.3 Å². The Labute approximate surface area is 188 Å². The van der Waals surface area contributed by atoms with Gasteiger partial charge >= 0.3 is 0 Å². The Morgan fingerprint density at radius 1 is 0.906 bits per heavy atom. The van der Waals surface area contributed by atoms with E-state index in [2.05, 4.69) is 17.1 Å². The van der Waals surface area contributed by atoms with Crippen LogP contribution in [0.15, 0.2) is 77.7 Å². The fourth-order valence-corrected chi connectivity index (χ4v) is 4.43. The van der Waals surface area contributed by atoms with E-state index in [9.17, 15) is 14.7 Å². The van der Waals surface area contributed by atoms with Gasteiger partial charge in [0.25, 0.3) is 5.91 Å². The quantitative estimate of drug-likeness (QED) is 0.616. The van der Waals surface area contributed by atoms with Crippen molar-refractivity contribution in [3.05, 3.63) is 100.0 Å². The molecule has 0 radical (unpaired) electrons. The first-order valence-corrected chi connectivity index (χ1v) is 11.1. The lowest BCUT2D eigenvalue weighted by atomic mass is 10.0. The Hall–Kier alpha value is -3.54. The summed E-state index contributed by atoms with van der Waals surface area (Å²) >= 11 is 0. The predicted octanol–water partition coefficient (Wildman–Crippen LogP) is 3.91. The van der Waals surface area contributed by atoms with Crippen LogP contribution >= 0.6 is 0 Å². The normalized spacial score (nSPS) is 15.8. The third kappa shape index (κ3) is 4.26. The summed E-state index contributed by atoms with van der Waals surface area (Å²) in [6.07, 6.45) is 3.97. The number of benzene rings is 2. The number of carbonyl (C=O) groups excluding carboxylic acids is 1. The van der Waals surface area contributed by atoms with Crippen LogP contribution in [0.25, 0.3) is 0 Å². The molecule has 1 amide bonds. The van der Waals surface area contributed by atoms with E-state index >= 15 is 0 Å². The average molecular weight is 432 g/mol. The number of nitrogens with zero attached hydrogens (tertiary/aromatic N) is 3. The summed E-state index contributed by atoms with van der Waals surface area (Å²) in [5.74, 6) is -0.812. The molecule has 166 valence electrons. The highest BCUT2D eigenvalue weighted by atomic mass is 16.3. The molecule has 1 aromatic heterocycles. The summed E-state index contributed by atoms with van der Waals surface area (Å²) < 4.78 is 1.66.